The predicted molar refractivity (Wildman–Crippen MR) is 129 cm³/mol. The van der Waals surface area contributed by atoms with Crippen LogP contribution in [0.5, 0.6) is 5.75 Å². The van der Waals surface area contributed by atoms with E-state index in [0.29, 0.717) is 11.4 Å². The molecule has 7 nitrogen and oxygen atoms in total. The van der Waals surface area contributed by atoms with Crippen LogP contribution in [0.1, 0.15) is 16.1 Å². The molecule has 0 aliphatic rings. The number of ether oxygens (including phenoxy) is 1. The molecule has 2 aromatic heterocycles. The molecule has 0 bridgehead atoms. The molecular formula is C27H20F2N4O3. The molecule has 0 saturated carbocycles. The van der Waals surface area contributed by atoms with Crippen molar-refractivity contribution in [2.24, 2.45) is 0 Å². The second-order valence-electron chi connectivity index (χ2n) is 7.90. The molecule has 0 fully saturated rings. The first-order chi connectivity index (χ1) is 17.5. The minimum atomic E-state index is -1.02. The Morgan fingerprint density at radius 2 is 1.81 bits per heavy atom. The highest BCUT2D eigenvalue weighted by Gasteiger charge is 2.18. The Bertz CT molecular complexity index is 1530. The summed E-state index contributed by atoms with van der Waals surface area (Å²) < 4.78 is 39.0. The van der Waals surface area contributed by atoms with Gasteiger partial charge >= 0.3 is 0 Å². The van der Waals surface area contributed by atoms with Gasteiger partial charge in [0.2, 0.25) is 0 Å². The maximum Gasteiger partial charge on any atom is 0.273 e. The average Bonchev–Trinajstić information content (AvgIpc) is 3.58. The van der Waals surface area contributed by atoms with E-state index < -0.39 is 17.5 Å². The van der Waals surface area contributed by atoms with E-state index in [9.17, 15) is 13.6 Å². The first kappa shape index (κ1) is 23.0. The Morgan fingerprint density at radius 3 is 2.58 bits per heavy atom. The van der Waals surface area contributed by atoms with Crippen molar-refractivity contribution in [3.63, 3.8) is 0 Å². The minimum absolute atomic E-state index is 0.00751. The zero-order chi connectivity index (χ0) is 25.1. The van der Waals surface area contributed by atoms with Crippen molar-refractivity contribution in [3.05, 3.63) is 108 Å². The Labute approximate surface area is 204 Å². The molecule has 1 amide bonds. The quantitative estimate of drug-likeness (QED) is 0.333. The molecule has 0 spiro atoms. The Kier molecular flexibility index (Phi) is 6.27. The second kappa shape index (κ2) is 9.83. The van der Waals surface area contributed by atoms with Crippen molar-refractivity contribution < 1.29 is 22.8 Å². The van der Waals surface area contributed by atoms with Gasteiger partial charge in [-0.2, -0.15) is 5.10 Å². The lowest BCUT2D eigenvalue weighted by molar-refractivity contribution is 0.0942. The summed E-state index contributed by atoms with van der Waals surface area (Å²) in [5.74, 6) is -1.65. The molecule has 3 aromatic carbocycles. The van der Waals surface area contributed by atoms with Crippen molar-refractivity contribution in [2.45, 2.75) is 6.54 Å². The third-order valence-electron chi connectivity index (χ3n) is 5.54. The highest BCUT2D eigenvalue weighted by atomic mass is 19.2. The Balaban J connectivity index is 1.40. The van der Waals surface area contributed by atoms with Gasteiger partial charge in [0.05, 0.1) is 18.5 Å². The number of methoxy groups -OCH3 is 1. The molecule has 180 valence electrons. The first-order valence-corrected chi connectivity index (χ1v) is 11.0. The van der Waals surface area contributed by atoms with Gasteiger partial charge in [0, 0.05) is 35.5 Å². The number of aromatic nitrogens is 3. The van der Waals surface area contributed by atoms with Crippen LogP contribution in [0, 0.1) is 11.6 Å². The third-order valence-corrected chi connectivity index (χ3v) is 5.54. The largest absolute Gasteiger partial charge is 0.497 e. The maximum atomic E-state index is 13.6. The second-order valence-corrected chi connectivity index (χ2v) is 7.90. The van der Waals surface area contributed by atoms with Crippen molar-refractivity contribution in [3.8, 4) is 34.0 Å². The van der Waals surface area contributed by atoms with Crippen molar-refractivity contribution >= 4 is 5.91 Å². The van der Waals surface area contributed by atoms with Crippen LogP contribution in [0.15, 0.2) is 89.6 Å². The summed E-state index contributed by atoms with van der Waals surface area (Å²) in [6, 6.07) is 21.8. The summed E-state index contributed by atoms with van der Waals surface area (Å²) >= 11 is 0. The van der Waals surface area contributed by atoms with Gasteiger partial charge in [-0.25, -0.2) is 13.5 Å². The standard InChI is InChI=1S/C27H20F2N4O3/c1-35-21-9-5-6-18(12-21)26-19(16-33(31-26)20-7-3-2-4-8-20)15-30-27(34)24-14-25(36-32-24)17-10-11-22(28)23(29)13-17/h2-14,16H,15H2,1H3,(H,30,34). The van der Waals surface area contributed by atoms with E-state index in [0.717, 1.165) is 28.9 Å². The molecule has 1 N–H and O–H groups in total. The molecule has 0 aliphatic heterocycles. The third kappa shape index (κ3) is 4.72. The number of hydrogen-bond acceptors (Lipinski definition) is 5. The smallest absolute Gasteiger partial charge is 0.273 e. The normalized spacial score (nSPS) is 10.9. The summed E-state index contributed by atoms with van der Waals surface area (Å²) in [5.41, 5.74) is 3.42. The molecule has 5 rings (SSSR count). The molecule has 9 heteroatoms. The number of halogens is 2. The highest BCUT2D eigenvalue weighted by Crippen LogP contribution is 2.27. The summed E-state index contributed by atoms with van der Waals surface area (Å²) in [7, 11) is 1.59. The Hall–Kier alpha value is -4.79. The molecule has 0 aliphatic carbocycles. The van der Waals surface area contributed by atoms with E-state index >= 15 is 0 Å². The van der Waals surface area contributed by atoms with Crippen LogP contribution in [-0.2, 0) is 6.54 Å². The fourth-order valence-electron chi connectivity index (χ4n) is 3.70. The van der Waals surface area contributed by atoms with Crippen LogP contribution < -0.4 is 10.1 Å². The number of rotatable bonds is 7. The van der Waals surface area contributed by atoms with Crippen molar-refractivity contribution in [2.75, 3.05) is 7.11 Å². The van der Waals surface area contributed by atoms with E-state index in [-0.39, 0.29) is 23.6 Å². The van der Waals surface area contributed by atoms with Crippen LogP contribution in [0.4, 0.5) is 8.78 Å². The van der Waals surface area contributed by atoms with E-state index in [1.807, 2.05) is 60.8 Å². The van der Waals surface area contributed by atoms with E-state index in [2.05, 4.69) is 10.5 Å². The fourth-order valence-corrected chi connectivity index (χ4v) is 3.70. The molecular weight excluding hydrogens is 466 g/mol. The number of para-hydroxylation sites is 1. The van der Waals surface area contributed by atoms with Gasteiger partial charge in [-0.05, 0) is 42.5 Å². The first-order valence-electron chi connectivity index (χ1n) is 11.0. The lowest BCUT2D eigenvalue weighted by Gasteiger charge is -2.06. The summed E-state index contributed by atoms with van der Waals surface area (Å²) in [6.07, 6.45) is 1.85. The average molecular weight is 486 g/mol. The molecule has 0 unspecified atom stereocenters. The number of amides is 1. The summed E-state index contributed by atoms with van der Waals surface area (Å²) in [6.45, 7) is 0.158. The number of carbonyl (C=O) groups excluding carboxylic acids is 1. The molecule has 5 aromatic rings. The molecule has 0 atom stereocenters. The zero-order valence-electron chi connectivity index (χ0n) is 19.1. The van der Waals surface area contributed by atoms with Crippen LogP contribution in [0.3, 0.4) is 0 Å². The van der Waals surface area contributed by atoms with Gasteiger partial charge in [-0.3, -0.25) is 4.79 Å². The number of benzene rings is 3. The van der Waals surface area contributed by atoms with Gasteiger partial charge in [-0.15, -0.1) is 0 Å². The summed E-state index contributed by atoms with van der Waals surface area (Å²) in [4.78, 5) is 12.8. The minimum Gasteiger partial charge on any atom is -0.497 e. The van der Waals surface area contributed by atoms with Crippen LogP contribution in [-0.4, -0.2) is 28.0 Å². The number of nitrogens with zero attached hydrogens (tertiary/aromatic N) is 3. The van der Waals surface area contributed by atoms with Gasteiger partial charge < -0.3 is 14.6 Å². The van der Waals surface area contributed by atoms with E-state index in [4.69, 9.17) is 14.4 Å². The predicted octanol–water partition coefficient (Wildman–Crippen LogP) is 5.41. The molecule has 36 heavy (non-hydrogen) atoms. The lowest BCUT2D eigenvalue weighted by Crippen LogP contribution is -2.23. The number of hydrogen-bond donors (Lipinski definition) is 1. The van der Waals surface area contributed by atoms with Crippen molar-refractivity contribution in [1.29, 1.82) is 0 Å². The molecule has 0 saturated heterocycles. The maximum absolute atomic E-state index is 13.6. The van der Waals surface area contributed by atoms with Gasteiger partial charge in [0.1, 0.15) is 5.75 Å². The number of carbonyl (C=O) groups is 1. The van der Waals surface area contributed by atoms with Gasteiger partial charge in [0.15, 0.2) is 23.1 Å². The van der Waals surface area contributed by atoms with Gasteiger partial charge in [-0.1, -0.05) is 35.5 Å². The lowest BCUT2D eigenvalue weighted by atomic mass is 10.1. The topological polar surface area (TPSA) is 82.2 Å². The van der Waals surface area contributed by atoms with Crippen LogP contribution >= 0.6 is 0 Å². The summed E-state index contributed by atoms with van der Waals surface area (Å²) in [5, 5.41) is 11.3. The Morgan fingerprint density at radius 1 is 0.972 bits per heavy atom. The zero-order valence-corrected chi connectivity index (χ0v) is 19.1. The number of nitrogens with one attached hydrogen (secondary N) is 1. The molecule has 2 heterocycles. The van der Waals surface area contributed by atoms with Crippen molar-refractivity contribution in [1.82, 2.24) is 20.3 Å². The van der Waals surface area contributed by atoms with E-state index in [1.54, 1.807) is 11.8 Å². The van der Waals surface area contributed by atoms with Gasteiger partial charge in [0.25, 0.3) is 5.91 Å². The SMILES string of the molecule is COc1cccc(-c2nn(-c3ccccc3)cc2CNC(=O)c2cc(-c3ccc(F)c(F)c3)on2)c1. The fraction of sp³-hybridized carbons (Fsp3) is 0.0741. The van der Waals surface area contributed by atoms with Crippen LogP contribution in [0.25, 0.3) is 28.3 Å². The molecule has 0 radical (unpaired) electrons. The highest BCUT2D eigenvalue weighted by molar-refractivity contribution is 5.93. The monoisotopic (exact) mass is 486 g/mol. The van der Waals surface area contributed by atoms with E-state index in [1.165, 1.54) is 12.1 Å². The van der Waals surface area contributed by atoms with Crippen LogP contribution in [0.2, 0.25) is 0 Å².